The molecule has 1 N–H and O–H groups in total. The Morgan fingerprint density at radius 3 is 2.43 bits per heavy atom. The highest BCUT2D eigenvalue weighted by Crippen LogP contribution is 2.32. The molecule has 2 aromatic carbocycles. The Hall–Kier alpha value is -3.74. The quantitative estimate of drug-likeness (QED) is 0.556. The topological polar surface area (TPSA) is 82.2 Å². The molecule has 2 aromatic heterocycles. The van der Waals surface area contributed by atoms with Crippen LogP contribution in [0.15, 0.2) is 59.4 Å². The number of anilines is 2. The van der Waals surface area contributed by atoms with Crippen LogP contribution in [-0.2, 0) is 0 Å². The Labute approximate surface area is 160 Å². The molecule has 4 aromatic rings. The highest BCUT2D eigenvalue weighted by molar-refractivity contribution is 6.14. The maximum absolute atomic E-state index is 13.5. The van der Waals surface area contributed by atoms with Crippen molar-refractivity contribution in [3.63, 3.8) is 0 Å². The van der Waals surface area contributed by atoms with E-state index in [-0.39, 0.29) is 11.5 Å². The van der Waals surface area contributed by atoms with Crippen LogP contribution in [0.4, 0.5) is 11.6 Å². The van der Waals surface area contributed by atoms with Crippen molar-refractivity contribution in [1.82, 2.24) is 15.0 Å². The summed E-state index contributed by atoms with van der Waals surface area (Å²) in [6.45, 7) is 1.10. The van der Waals surface area contributed by atoms with Gasteiger partial charge < -0.3 is 9.88 Å². The summed E-state index contributed by atoms with van der Waals surface area (Å²) >= 11 is 0. The number of hydrogen-bond acceptors (Lipinski definition) is 5. The molecule has 0 aliphatic carbocycles. The number of carbonyl (C=O) groups is 1. The molecule has 1 amide bonds. The van der Waals surface area contributed by atoms with Crippen LogP contribution >= 0.6 is 0 Å². The first-order valence-corrected chi connectivity index (χ1v) is 9.04. The van der Waals surface area contributed by atoms with Crippen LogP contribution in [-0.4, -0.2) is 41.0 Å². The summed E-state index contributed by atoms with van der Waals surface area (Å²) in [5.74, 6) is 0.926. The summed E-state index contributed by atoms with van der Waals surface area (Å²) in [7, 11) is 1.94. The molecule has 28 heavy (non-hydrogen) atoms. The number of benzene rings is 2. The van der Waals surface area contributed by atoms with Gasteiger partial charge >= 0.3 is 0 Å². The van der Waals surface area contributed by atoms with Crippen molar-refractivity contribution in [3.8, 4) is 0 Å². The maximum atomic E-state index is 13.5. The maximum Gasteiger partial charge on any atom is 0.260 e. The molecule has 1 aliphatic rings. The zero-order chi connectivity index (χ0) is 19.3. The van der Waals surface area contributed by atoms with Crippen LogP contribution in [0.25, 0.3) is 21.9 Å². The van der Waals surface area contributed by atoms with Gasteiger partial charge in [0.1, 0.15) is 0 Å². The van der Waals surface area contributed by atoms with Crippen molar-refractivity contribution in [2.45, 2.75) is 0 Å². The number of nitrogens with zero attached hydrogens (tertiary/aromatic N) is 4. The molecule has 0 fully saturated rings. The first-order chi connectivity index (χ1) is 13.6. The van der Waals surface area contributed by atoms with Gasteiger partial charge in [0.2, 0.25) is 5.56 Å². The minimum atomic E-state index is -0.305. The molecule has 0 saturated carbocycles. The Morgan fingerprint density at radius 2 is 1.64 bits per heavy atom. The smallest absolute Gasteiger partial charge is 0.260 e. The van der Waals surface area contributed by atoms with Gasteiger partial charge in [0.15, 0.2) is 11.6 Å². The highest BCUT2D eigenvalue weighted by atomic mass is 16.2. The van der Waals surface area contributed by atoms with E-state index < -0.39 is 0 Å². The molecule has 138 valence electrons. The second-order valence-corrected chi connectivity index (χ2v) is 6.83. The summed E-state index contributed by atoms with van der Waals surface area (Å²) in [5.41, 5.74) is 2.21. The lowest BCUT2D eigenvalue weighted by molar-refractivity contribution is 0.0987. The zero-order valence-electron chi connectivity index (χ0n) is 15.2. The minimum absolute atomic E-state index is 0.249. The predicted octanol–water partition coefficient (Wildman–Crippen LogP) is 2.57. The largest absolute Gasteiger partial charge is 0.355 e. The van der Waals surface area contributed by atoms with Gasteiger partial charge in [-0.1, -0.05) is 30.3 Å². The lowest BCUT2D eigenvalue weighted by Gasteiger charge is -2.33. The van der Waals surface area contributed by atoms with E-state index in [4.69, 9.17) is 9.97 Å². The number of H-pyrrole nitrogens is 1. The number of fused-ring (bicyclic) bond motifs is 3. The molecule has 5 rings (SSSR count). The van der Waals surface area contributed by atoms with Gasteiger partial charge in [-0.15, -0.1) is 0 Å². The molecule has 0 unspecified atom stereocenters. The standard InChI is InChI=1S/C21H17N5O2/c1-25-10-11-26(20-19(25)23-16-8-4-5-9-17(16)24-20)21(28)14-12-18(27)22-15-7-3-2-6-13(14)15/h2-9,12H,10-11H2,1H3,(H,22,27). The first-order valence-electron chi connectivity index (χ1n) is 9.04. The number of aromatic nitrogens is 3. The number of para-hydroxylation sites is 3. The van der Waals surface area contributed by atoms with Gasteiger partial charge in [-0.25, -0.2) is 9.97 Å². The number of hydrogen-bond donors (Lipinski definition) is 1. The molecular weight excluding hydrogens is 354 g/mol. The monoisotopic (exact) mass is 371 g/mol. The third-order valence-corrected chi connectivity index (χ3v) is 5.04. The molecular formula is C21H17N5O2. The number of rotatable bonds is 1. The number of nitrogens with one attached hydrogen (secondary N) is 1. The molecule has 0 bridgehead atoms. The SMILES string of the molecule is CN1CCN(C(=O)c2cc(=O)[nH]c3ccccc23)c2nc3ccccc3nc21. The number of carbonyl (C=O) groups excluding carboxylic acids is 1. The van der Waals surface area contributed by atoms with Crippen LogP contribution < -0.4 is 15.4 Å². The van der Waals surface area contributed by atoms with Gasteiger partial charge in [-0.05, 0) is 18.2 Å². The van der Waals surface area contributed by atoms with Crippen LogP contribution in [0, 0.1) is 0 Å². The molecule has 0 atom stereocenters. The Kier molecular flexibility index (Phi) is 3.61. The second-order valence-electron chi connectivity index (χ2n) is 6.83. The average Bonchev–Trinajstić information content (AvgIpc) is 2.72. The van der Waals surface area contributed by atoms with Gasteiger partial charge in [-0.2, -0.15) is 0 Å². The molecule has 1 aliphatic heterocycles. The fourth-order valence-corrected chi connectivity index (χ4v) is 3.61. The summed E-state index contributed by atoms with van der Waals surface area (Å²) < 4.78 is 0. The van der Waals surface area contributed by atoms with Gasteiger partial charge in [0, 0.05) is 37.1 Å². The van der Waals surface area contributed by atoms with E-state index in [0.717, 1.165) is 11.0 Å². The average molecular weight is 371 g/mol. The number of likely N-dealkylation sites (N-methyl/N-ethyl adjacent to an activating group) is 1. The molecule has 0 spiro atoms. The van der Waals surface area contributed by atoms with Gasteiger partial charge in [-0.3, -0.25) is 14.5 Å². The van der Waals surface area contributed by atoms with E-state index in [1.807, 2.05) is 54.4 Å². The summed E-state index contributed by atoms with van der Waals surface area (Å²) in [4.78, 5) is 41.4. The molecule has 0 saturated heterocycles. The number of pyridine rings is 1. The minimum Gasteiger partial charge on any atom is -0.355 e. The summed E-state index contributed by atoms with van der Waals surface area (Å²) in [5, 5.41) is 0.710. The van der Waals surface area contributed by atoms with Gasteiger partial charge in [0.25, 0.3) is 5.91 Å². The molecule has 0 radical (unpaired) electrons. The van der Waals surface area contributed by atoms with Crippen molar-refractivity contribution in [2.24, 2.45) is 0 Å². The van der Waals surface area contributed by atoms with Crippen molar-refractivity contribution in [3.05, 3.63) is 70.5 Å². The van der Waals surface area contributed by atoms with Crippen LogP contribution in [0.5, 0.6) is 0 Å². The number of aromatic amines is 1. The molecule has 7 nitrogen and oxygen atoms in total. The lowest BCUT2D eigenvalue weighted by Crippen LogP contribution is -2.44. The fourth-order valence-electron chi connectivity index (χ4n) is 3.61. The Morgan fingerprint density at radius 1 is 0.964 bits per heavy atom. The third kappa shape index (κ3) is 2.51. The highest BCUT2D eigenvalue weighted by Gasteiger charge is 2.30. The second kappa shape index (κ2) is 6.16. The van der Waals surface area contributed by atoms with E-state index in [9.17, 15) is 9.59 Å². The third-order valence-electron chi connectivity index (χ3n) is 5.04. The van der Waals surface area contributed by atoms with E-state index >= 15 is 0 Å². The predicted molar refractivity (Wildman–Crippen MR) is 109 cm³/mol. The fraction of sp³-hybridized carbons (Fsp3) is 0.143. The molecule has 3 heterocycles. The number of amides is 1. The zero-order valence-corrected chi connectivity index (χ0v) is 15.2. The van der Waals surface area contributed by atoms with Crippen molar-refractivity contribution in [2.75, 3.05) is 29.9 Å². The van der Waals surface area contributed by atoms with Crippen molar-refractivity contribution < 1.29 is 4.79 Å². The van der Waals surface area contributed by atoms with E-state index in [1.165, 1.54) is 6.07 Å². The summed E-state index contributed by atoms with van der Waals surface area (Å²) in [6.07, 6.45) is 0. The van der Waals surface area contributed by atoms with Crippen molar-refractivity contribution >= 4 is 39.5 Å². The van der Waals surface area contributed by atoms with E-state index in [2.05, 4.69) is 4.98 Å². The summed E-state index contributed by atoms with van der Waals surface area (Å²) in [6, 6.07) is 16.3. The van der Waals surface area contributed by atoms with Crippen LogP contribution in [0.2, 0.25) is 0 Å². The van der Waals surface area contributed by atoms with E-state index in [0.29, 0.717) is 41.2 Å². The lowest BCUT2D eigenvalue weighted by atomic mass is 10.1. The van der Waals surface area contributed by atoms with Crippen LogP contribution in [0.1, 0.15) is 10.4 Å². The van der Waals surface area contributed by atoms with Crippen LogP contribution in [0.3, 0.4) is 0 Å². The Bertz CT molecular complexity index is 1300. The molecule has 7 heteroatoms. The van der Waals surface area contributed by atoms with Gasteiger partial charge in [0.05, 0.1) is 16.6 Å². The Balaban J connectivity index is 1.69. The van der Waals surface area contributed by atoms with E-state index in [1.54, 1.807) is 11.0 Å². The first kappa shape index (κ1) is 16.4. The van der Waals surface area contributed by atoms with Crippen molar-refractivity contribution in [1.29, 1.82) is 0 Å². The normalized spacial score (nSPS) is 13.8.